The predicted octanol–water partition coefficient (Wildman–Crippen LogP) is 2.88. The van der Waals surface area contributed by atoms with Gasteiger partial charge in [-0.05, 0) is 43.0 Å². The van der Waals surface area contributed by atoms with E-state index in [9.17, 15) is 9.59 Å². The van der Waals surface area contributed by atoms with Gasteiger partial charge in [0.2, 0.25) is 0 Å². The lowest BCUT2D eigenvalue weighted by atomic mass is 10.0. The van der Waals surface area contributed by atoms with Gasteiger partial charge in [-0.3, -0.25) is 0 Å². The number of ether oxygens (including phenoxy) is 2. The van der Waals surface area contributed by atoms with Gasteiger partial charge in [0.1, 0.15) is 41.8 Å². The Balaban J connectivity index is 1.38. The number of rotatable bonds is 5. The summed E-state index contributed by atoms with van der Waals surface area (Å²) in [5.41, 5.74) is 3.37. The first-order valence-electron chi connectivity index (χ1n) is 12.5. The second kappa shape index (κ2) is 8.72. The number of carbonyl (C=O) groups excluding carboxylic acids is 2. The number of carbonyl (C=O) groups is 2. The van der Waals surface area contributed by atoms with Crippen LogP contribution in [-0.4, -0.2) is 69.1 Å². The summed E-state index contributed by atoms with van der Waals surface area (Å²) in [6.07, 6.45) is 4.55. The van der Waals surface area contributed by atoms with Gasteiger partial charge in [-0.15, -0.1) is 0 Å². The van der Waals surface area contributed by atoms with Crippen molar-refractivity contribution in [3.05, 3.63) is 46.9 Å². The van der Waals surface area contributed by atoms with Crippen molar-refractivity contribution < 1.29 is 23.6 Å². The van der Waals surface area contributed by atoms with Crippen molar-refractivity contribution >= 4 is 35.1 Å². The zero-order valence-electron chi connectivity index (χ0n) is 21.2. The van der Waals surface area contributed by atoms with E-state index in [-0.39, 0.29) is 41.3 Å². The summed E-state index contributed by atoms with van der Waals surface area (Å²) in [6, 6.07) is 5.56. The molecule has 3 unspecified atom stereocenters. The molecule has 2 aromatic heterocycles. The van der Waals surface area contributed by atoms with Gasteiger partial charge < -0.3 is 14.8 Å². The van der Waals surface area contributed by atoms with E-state index in [1.165, 1.54) is 10.9 Å². The first-order valence-corrected chi connectivity index (χ1v) is 12.9. The second-order valence-electron chi connectivity index (χ2n) is 10.7. The minimum Gasteiger partial charge on any atom is -0.487 e. The van der Waals surface area contributed by atoms with Crippen LogP contribution in [0.15, 0.2) is 30.7 Å². The maximum Gasteiger partial charge on any atom is 0.399 e. The molecule has 2 aliphatic heterocycles. The molecule has 1 N–H and O–H groups in total. The first kappa shape index (κ1) is 24.2. The summed E-state index contributed by atoms with van der Waals surface area (Å²) in [5, 5.41) is 8.25. The molecule has 2 amide bonds. The second-order valence-corrected chi connectivity index (χ2v) is 11.1. The van der Waals surface area contributed by atoms with Crippen molar-refractivity contribution in [1.82, 2.24) is 19.9 Å². The number of imide groups is 1. The minimum absolute atomic E-state index is 0.0803. The molecule has 10 heteroatoms. The molecule has 2 saturated heterocycles. The molecule has 1 aliphatic carbocycles. The molecular formula is C27H29ClN5O4+. The SMILES string of the molecule is Cc1cc(Cl)cc(-c2ncnn3cc(C=[N+]4C(=O)C5C(C4=O)C5(C)C)cc23)c1OC(C)[C@@H]1CNCCO1. The number of hydrogen-bond donors (Lipinski definition) is 1. The lowest BCUT2D eigenvalue weighted by Gasteiger charge is -2.30. The smallest absolute Gasteiger partial charge is 0.399 e. The van der Waals surface area contributed by atoms with Gasteiger partial charge >= 0.3 is 11.8 Å². The zero-order valence-corrected chi connectivity index (χ0v) is 22.0. The largest absolute Gasteiger partial charge is 0.487 e. The van der Waals surface area contributed by atoms with Crippen LogP contribution in [0.2, 0.25) is 5.02 Å². The number of nitrogens with zero attached hydrogens (tertiary/aromatic N) is 4. The van der Waals surface area contributed by atoms with E-state index >= 15 is 0 Å². The standard InChI is InChI=1S/C27H29ClN5O4/c1-14-7-17(28)9-18(24(14)37-15(2)20-10-29-5-6-36-20)23-19-8-16(12-33(19)31-13-30-23)11-32-25(34)21-22(26(32)35)27(21,3)4/h7-9,11-13,15,20-22,29H,5-6,10H2,1-4H3/q+1/t15?,20-,21?,22?/m0/s1. The average Bonchev–Trinajstić information content (AvgIpc) is 3.11. The topological polar surface area (TPSA) is 97.8 Å². The Bertz CT molecular complexity index is 1450. The summed E-state index contributed by atoms with van der Waals surface area (Å²) in [4.78, 5) is 30.2. The van der Waals surface area contributed by atoms with Crippen LogP contribution in [-0.2, 0) is 14.3 Å². The van der Waals surface area contributed by atoms with E-state index in [4.69, 9.17) is 21.1 Å². The number of piperidine rings is 1. The van der Waals surface area contributed by atoms with Crippen molar-refractivity contribution in [1.29, 1.82) is 0 Å². The van der Waals surface area contributed by atoms with Crippen LogP contribution in [0.3, 0.4) is 0 Å². The van der Waals surface area contributed by atoms with Crippen LogP contribution < -0.4 is 10.1 Å². The molecule has 0 radical (unpaired) electrons. The average molecular weight is 523 g/mol. The van der Waals surface area contributed by atoms with E-state index in [1.54, 1.807) is 16.9 Å². The molecule has 9 nitrogen and oxygen atoms in total. The van der Waals surface area contributed by atoms with Gasteiger partial charge in [-0.2, -0.15) is 5.10 Å². The number of halogens is 1. The normalized spacial score (nSPS) is 25.3. The molecule has 0 bridgehead atoms. The van der Waals surface area contributed by atoms with Crippen molar-refractivity contribution in [3.8, 4) is 17.0 Å². The van der Waals surface area contributed by atoms with Crippen LogP contribution in [0, 0.1) is 24.2 Å². The van der Waals surface area contributed by atoms with Gasteiger partial charge in [-0.1, -0.05) is 30.0 Å². The molecule has 3 fully saturated rings. The first-order chi connectivity index (χ1) is 17.7. The number of aromatic nitrogens is 3. The third-order valence-electron chi connectivity index (χ3n) is 7.82. The molecular weight excluding hydrogens is 494 g/mol. The fourth-order valence-corrected chi connectivity index (χ4v) is 5.96. The van der Waals surface area contributed by atoms with E-state index in [1.807, 2.05) is 45.9 Å². The molecule has 1 aromatic carbocycles. The van der Waals surface area contributed by atoms with Crippen LogP contribution in [0.25, 0.3) is 16.8 Å². The highest BCUT2D eigenvalue weighted by atomic mass is 35.5. The summed E-state index contributed by atoms with van der Waals surface area (Å²) in [6.45, 7) is 10.1. The summed E-state index contributed by atoms with van der Waals surface area (Å²) < 4.78 is 15.3. The predicted molar refractivity (Wildman–Crippen MR) is 137 cm³/mol. The van der Waals surface area contributed by atoms with Crippen molar-refractivity contribution in [2.45, 2.75) is 39.9 Å². The number of aryl methyl sites for hydroxylation is 1. The maximum absolute atomic E-state index is 12.8. The number of morpholine rings is 1. The molecule has 37 heavy (non-hydrogen) atoms. The van der Waals surface area contributed by atoms with Gasteiger partial charge in [0.15, 0.2) is 6.21 Å². The molecule has 4 heterocycles. The number of fused-ring (bicyclic) bond motifs is 2. The lowest BCUT2D eigenvalue weighted by molar-refractivity contribution is -0.375. The number of hydrogen-bond acceptors (Lipinski definition) is 7. The Morgan fingerprint density at radius 3 is 2.73 bits per heavy atom. The molecule has 3 aromatic rings. The zero-order chi connectivity index (χ0) is 26.1. The number of benzene rings is 1. The van der Waals surface area contributed by atoms with Gasteiger partial charge in [-0.25, -0.2) is 19.1 Å². The van der Waals surface area contributed by atoms with Crippen molar-refractivity contribution in [2.75, 3.05) is 19.7 Å². The molecule has 4 atom stereocenters. The van der Waals surface area contributed by atoms with E-state index in [0.29, 0.717) is 40.7 Å². The highest BCUT2D eigenvalue weighted by molar-refractivity contribution is 6.31. The summed E-state index contributed by atoms with van der Waals surface area (Å²) >= 11 is 6.47. The quantitative estimate of drug-likeness (QED) is 0.406. The summed E-state index contributed by atoms with van der Waals surface area (Å²) in [7, 11) is 0. The fraction of sp³-hybridized carbons (Fsp3) is 0.444. The van der Waals surface area contributed by atoms with Gasteiger partial charge in [0.25, 0.3) is 0 Å². The van der Waals surface area contributed by atoms with Crippen molar-refractivity contribution in [3.63, 3.8) is 0 Å². The van der Waals surface area contributed by atoms with E-state index in [2.05, 4.69) is 15.4 Å². The Morgan fingerprint density at radius 1 is 1.27 bits per heavy atom. The van der Waals surface area contributed by atoms with Crippen LogP contribution in [0.1, 0.15) is 31.9 Å². The van der Waals surface area contributed by atoms with Gasteiger partial charge in [0, 0.05) is 29.9 Å². The van der Waals surface area contributed by atoms with E-state index < -0.39 is 0 Å². The third-order valence-corrected chi connectivity index (χ3v) is 8.04. The molecule has 0 spiro atoms. The number of amides is 2. The lowest BCUT2D eigenvalue weighted by Crippen LogP contribution is -2.46. The summed E-state index contributed by atoms with van der Waals surface area (Å²) in [5.74, 6) is -0.0795. The Hall–Kier alpha value is -3.14. The Morgan fingerprint density at radius 2 is 2.03 bits per heavy atom. The van der Waals surface area contributed by atoms with Crippen LogP contribution in [0.4, 0.5) is 0 Å². The van der Waals surface area contributed by atoms with Gasteiger partial charge in [0.05, 0.1) is 17.7 Å². The Labute approximate surface area is 219 Å². The third kappa shape index (κ3) is 3.96. The highest BCUT2D eigenvalue weighted by Crippen LogP contribution is 2.62. The molecule has 192 valence electrons. The molecule has 3 aliphatic rings. The Kier molecular flexibility index (Phi) is 5.70. The maximum atomic E-state index is 12.8. The number of nitrogens with one attached hydrogen (secondary N) is 1. The highest BCUT2D eigenvalue weighted by Gasteiger charge is 2.78. The van der Waals surface area contributed by atoms with E-state index in [0.717, 1.165) is 17.7 Å². The van der Waals surface area contributed by atoms with Crippen LogP contribution >= 0.6 is 11.6 Å². The fourth-order valence-electron chi connectivity index (χ4n) is 5.68. The molecule has 6 rings (SSSR count). The van der Waals surface area contributed by atoms with Crippen LogP contribution in [0.5, 0.6) is 5.75 Å². The molecule has 1 saturated carbocycles. The monoisotopic (exact) mass is 522 g/mol. The minimum atomic E-state index is -0.251. The van der Waals surface area contributed by atoms with Crippen molar-refractivity contribution in [2.24, 2.45) is 17.3 Å².